The van der Waals surface area contributed by atoms with Crippen molar-refractivity contribution in [3.63, 3.8) is 0 Å². The van der Waals surface area contributed by atoms with Gasteiger partial charge in [0.15, 0.2) is 0 Å². The molecule has 0 aromatic carbocycles. The second-order valence-corrected chi connectivity index (χ2v) is 5.30. The summed E-state index contributed by atoms with van der Waals surface area (Å²) in [5, 5.41) is 10.8. The highest BCUT2D eigenvalue weighted by Gasteiger charge is 2.42. The zero-order valence-corrected chi connectivity index (χ0v) is 9.65. The van der Waals surface area contributed by atoms with Crippen LogP contribution in [0.4, 0.5) is 0 Å². The quantitative estimate of drug-likeness (QED) is 0.784. The van der Waals surface area contributed by atoms with Crippen molar-refractivity contribution in [2.75, 3.05) is 0 Å². The molecule has 1 aromatic rings. The van der Waals surface area contributed by atoms with Crippen LogP contribution in [0.25, 0.3) is 0 Å². The third kappa shape index (κ3) is 1.56. The Bertz CT molecular complexity index is 382. The minimum Gasteiger partial charge on any atom is -0.389 e. The second kappa shape index (κ2) is 3.85. The molecule has 0 spiro atoms. The van der Waals surface area contributed by atoms with Crippen LogP contribution in [0.5, 0.6) is 0 Å². The van der Waals surface area contributed by atoms with E-state index < -0.39 is 5.60 Å². The van der Waals surface area contributed by atoms with E-state index in [-0.39, 0.29) is 0 Å². The summed E-state index contributed by atoms with van der Waals surface area (Å²) in [6.45, 7) is 0. The fourth-order valence-electron chi connectivity index (χ4n) is 3.45. The molecule has 2 nitrogen and oxygen atoms in total. The van der Waals surface area contributed by atoms with Gasteiger partial charge in [0.25, 0.3) is 0 Å². The van der Waals surface area contributed by atoms with Gasteiger partial charge in [-0.3, -0.25) is 4.98 Å². The predicted octanol–water partition coefficient (Wildman–Crippen LogP) is 2.81. The van der Waals surface area contributed by atoms with Gasteiger partial charge in [0.1, 0.15) is 0 Å². The zero-order chi connectivity index (χ0) is 11.0. The van der Waals surface area contributed by atoms with Gasteiger partial charge in [0.2, 0.25) is 0 Å². The summed E-state index contributed by atoms with van der Waals surface area (Å²) in [4.78, 5) is 4.50. The second-order valence-electron chi connectivity index (χ2n) is 5.30. The van der Waals surface area contributed by atoms with E-state index in [1.54, 1.807) is 0 Å². The summed E-state index contributed by atoms with van der Waals surface area (Å²) in [5.74, 6) is 0.295. The van der Waals surface area contributed by atoms with Gasteiger partial charge in [0, 0.05) is 17.8 Å². The SMILES string of the molecule is OC1(C2CCc3cccnc32)CCCCC1. The number of hydrogen-bond donors (Lipinski definition) is 1. The lowest BCUT2D eigenvalue weighted by molar-refractivity contribution is -0.0223. The van der Waals surface area contributed by atoms with Gasteiger partial charge >= 0.3 is 0 Å². The zero-order valence-electron chi connectivity index (χ0n) is 9.65. The number of nitrogens with zero attached hydrogens (tertiary/aromatic N) is 1. The normalized spacial score (nSPS) is 27.7. The fourth-order valence-corrected chi connectivity index (χ4v) is 3.45. The van der Waals surface area contributed by atoms with Gasteiger partial charge < -0.3 is 5.11 Å². The van der Waals surface area contributed by atoms with Crippen LogP contribution in [0.2, 0.25) is 0 Å². The molecule has 3 rings (SSSR count). The molecule has 2 aliphatic carbocycles. The molecule has 2 aliphatic rings. The Kier molecular flexibility index (Phi) is 2.47. The lowest BCUT2D eigenvalue weighted by Crippen LogP contribution is -2.37. The summed E-state index contributed by atoms with van der Waals surface area (Å²) in [5.41, 5.74) is 2.07. The smallest absolute Gasteiger partial charge is 0.0731 e. The van der Waals surface area contributed by atoms with Gasteiger partial charge in [-0.2, -0.15) is 0 Å². The molecule has 1 aromatic heterocycles. The lowest BCUT2D eigenvalue weighted by atomic mass is 9.74. The molecule has 0 bridgehead atoms. The number of aromatic nitrogens is 1. The van der Waals surface area contributed by atoms with Crippen LogP contribution < -0.4 is 0 Å². The first-order chi connectivity index (χ1) is 7.80. The van der Waals surface area contributed by atoms with Crippen LogP contribution in [0, 0.1) is 0 Å². The van der Waals surface area contributed by atoms with Crippen LogP contribution in [0.3, 0.4) is 0 Å². The molecule has 1 atom stereocenters. The highest BCUT2D eigenvalue weighted by molar-refractivity contribution is 5.31. The highest BCUT2D eigenvalue weighted by Crippen LogP contribution is 2.45. The van der Waals surface area contributed by atoms with E-state index in [0.29, 0.717) is 5.92 Å². The van der Waals surface area contributed by atoms with E-state index in [2.05, 4.69) is 11.1 Å². The standard InChI is InChI=1S/C14H19NO/c16-14(8-2-1-3-9-14)12-7-6-11-5-4-10-15-13(11)12/h4-5,10,12,16H,1-3,6-9H2. The average molecular weight is 217 g/mol. The molecular weight excluding hydrogens is 198 g/mol. The van der Waals surface area contributed by atoms with Crippen molar-refractivity contribution in [1.82, 2.24) is 4.98 Å². The summed E-state index contributed by atoms with van der Waals surface area (Å²) < 4.78 is 0. The molecular formula is C14H19NO. The third-order valence-electron chi connectivity index (χ3n) is 4.33. The van der Waals surface area contributed by atoms with Crippen molar-refractivity contribution < 1.29 is 5.11 Å². The van der Waals surface area contributed by atoms with Gasteiger partial charge in [0.05, 0.1) is 5.60 Å². The molecule has 86 valence electrons. The maximum Gasteiger partial charge on any atom is 0.0731 e. The Hall–Kier alpha value is -0.890. The first kappa shape index (κ1) is 10.3. The first-order valence-corrected chi connectivity index (χ1v) is 6.46. The van der Waals surface area contributed by atoms with Crippen LogP contribution >= 0.6 is 0 Å². The van der Waals surface area contributed by atoms with Crippen molar-refractivity contribution in [3.05, 3.63) is 29.6 Å². The average Bonchev–Trinajstić information content (AvgIpc) is 2.74. The highest BCUT2D eigenvalue weighted by atomic mass is 16.3. The molecule has 0 radical (unpaired) electrons. The van der Waals surface area contributed by atoms with Crippen molar-refractivity contribution in [2.45, 2.75) is 56.5 Å². The Morgan fingerprint density at radius 2 is 2.06 bits per heavy atom. The molecule has 2 heteroatoms. The number of rotatable bonds is 1. The monoisotopic (exact) mass is 217 g/mol. The summed E-state index contributed by atoms with van der Waals surface area (Å²) in [6, 6.07) is 4.17. The molecule has 1 N–H and O–H groups in total. The number of pyridine rings is 1. The van der Waals surface area contributed by atoms with Crippen LogP contribution in [0.1, 0.15) is 55.7 Å². The maximum absolute atomic E-state index is 10.8. The maximum atomic E-state index is 10.8. The topological polar surface area (TPSA) is 33.1 Å². The van der Waals surface area contributed by atoms with Gasteiger partial charge in [-0.25, -0.2) is 0 Å². The van der Waals surface area contributed by atoms with E-state index in [0.717, 1.165) is 25.7 Å². The molecule has 0 amide bonds. The Labute approximate surface area is 96.7 Å². The van der Waals surface area contributed by atoms with Crippen molar-refractivity contribution in [2.24, 2.45) is 0 Å². The molecule has 1 saturated carbocycles. The molecule has 1 fully saturated rings. The number of aryl methyl sites for hydroxylation is 1. The van der Waals surface area contributed by atoms with Crippen LogP contribution in [0.15, 0.2) is 18.3 Å². The largest absolute Gasteiger partial charge is 0.389 e. The van der Waals surface area contributed by atoms with Gasteiger partial charge in [-0.05, 0) is 37.3 Å². The Morgan fingerprint density at radius 1 is 1.25 bits per heavy atom. The van der Waals surface area contributed by atoms with Crippen molar-refractivity contribution >= 4 is 0 Å². The number of fused-ring (bicyclic) bond motifs is 1. The summed E-state index contributed by atoms with van der Waals surface area (Å²) in [7, 11) is 0. The predicted molar refractivity (Wildman–Crippen MR) is 63.3 cm³/mol. The lowest BCUT2D eigenvalue weighted by Gasteiger charge is -2.37. The third-order valence-corrected chi connectivity index (χ3v) is 4.33. The number of hydrogen-bond acceptors (Lipinski definition) is 2. The summed E-state index contributed by atoms with van der Waals surface area (Å²) >= 11 is 0. The Balaban J connectivity index is 1.91. The fraction of sp³-hybridized carbons (Fsp3) is 0.643. The summed E-state index contributed by atoms with van der Waals surface area (Å²) in [6.07, 6.45) is 9.61. The number of aliphatic hydroxyl groups is 1. The van der Waals surface area contributed by atoms with E-state index in [9.17, 15) is 5.11 Å². The first-order valence-electron chi connectivity index (χ1n) is 6.46. The molecule has 16 heavy (non-hydrogen) atoms. The Morgan fingerprint density at radius 3 is 2.88 bits per heavy atom. The van der Waals surface area contributed by atoms with Crippen molar-refractivity contribution in [3.8, 4) is 0 Å². The molecule has 1 unspecified atom stereocenters. The van der Waals surface area contributed by atoms with E-state index in [4.69, 9.17) is 0 Å². The van der Waals surface area contributed by atoms with E-state index in [1.807, 2.05) is 12.3 Å². The van der Waals surface area contributed by atoms with Gasteiger partial charge in [-0.15, -0.1) is 0 Å². The molecule has 1 heterocycles. The van der Waals surface area contributed by atoms with E-state index >= 15 is 0 Å². The minimum atomic E-state index is -0.460. The van der Waals surface area contributed by atoms with Crippen LogP contribution in [-0.4, -0.2) is 15.7 Å². The van der Waals surface area contributed by atoms with E-state index in [1.165, 1.54) is 30.5 Å². The van der Waals surface area contributed by atoms with Crippen LogP contribution in [-0.2, 0) is 6.42 Å². The molecule has 0 aliphatic heterocycles. The van der Waals surface area contributed by atoms with Gasteiger partial charge in [-0.1, -0.05) is 25.3 Å². The van der Waals surface area contributed by atoms with Crippen molar-refractivity contribution in [1.29, 1.82) is 0 Å². The molecule has 0 saturated heterocycles. The minimum absolute atomic E-state index is 0.295.